The SMILES string of the molecule is CC(C)(CCN)NC(=O)c1c(O)cccc1F. The third-order valence-corrected chi connectivity index (χ3v) is 2.44. The van der Waals surface area contributed by atoms with Crippen molar-refractivity contribution in [2.75, 3.05) is 6.54 Å². The third-order valence-electron chi connectivity index (χ3n) is 2.44. The molecule has 0 aliphatic heterocycles. The molecule has 0 bridgehead atoms. The van der Waals surface area contributed by atoms with E-state index in [0.29, 0.717) is 13.0 Å². The first-order chi connectivity index (χ1) is 7.87. The molecular weight excluding hydrogens is 223 g/mol. The number of nitrogens with two attached hydrogens (primary N) is 1. The van der Waals surface area contributed by atoms with Crippen molar-refractivity contribution in [3.63, 3.8) is 0 Å². The molecule has 0 unspecified atom stereocenters. The minimum absolute atomic E-state index is 0.336. The van der Waals surface area contributed by atoms with E-state index in [1.807, 2.05) is 0 Å². The van der Waals surface area contributed by atoms with Crippen LogP contribution in [0.2, 0.25) is 0 Å². The molecule has 0 fully saturated rings. The van der Waals surface area contributed by atoms with Gasteiger partial charge >= 0.3 is 0 Å². The van der Waals surface area contributed by atoms with Crippen molar-refractivity contribution in [1.29, 1.82) is 0 Å². The Kier molecular flexibility index (Phi) is 4.07. The number of benzene rings is 1. The number of carbonyl (C=O) groups is 1. The normalized spacial score (nSPS) is 11.3. The minimum atomic E-state index is -0.744. The molecule has 0 saturated carbocycles. The fraction of sp³-hybridized carbons (Fsp3) is 0.417. The quantitative estimate of drug-likeness (QED) is 0.744. The standard InChI is InChI=1S/C12H17FN2O2/c1-12(2,6-7-14)15-11(17)10-8(13)4-3-5-9(10)16/h3-5,16H,6-7,14H2,1-2H3,(H,15,17). The molecule has 17 heavy (non-hydrogen) atoms. The van der Waals surface area contributed by atoms with Crippen LogP contribution in [0.5, 0.6) is 5.75 Å². The van der Waals surface area contributed by atoms with Gasteiger partial charge in [0.25, 0.3) is 5.91 Å². The van der Waals surface area contributed by atoms with Crippen LogP contribution >= 0.6 is 0 Å². The zero-order chi connectivity index (χ0) is 13.1. The van der Waals surface area contributed by atoms with Gasteiger partial charge in [-0.3, -0.25) is 4.79 Å². The number of carbonyl (C=O) groups excluding carboxylic acids is 1. The summed E-state index contributed by atoms with van der Waals surface area (Å²) in [6.07, 6.45) is 0.563. The third kappa shape index (κ3) is 3.42. The Morgan fingerprint density at radius 3 is 2.71 bits per heavy atom. The lowest BCUT2D eigenvalue weighted by molar-refractivity contribution is 0.0903. The predicted octanol–water partition coefficient (Wildman–Crippen LogP) is 1.39. The number of halogens is 1. The van der Waals surface area contributed by atoms with Gasteiger partial charge in [-0.1, -0.05) is 6.07 Å². The van der Waals surface area contributed by atoms with Crippen molar-refractivity contribution in [1.82, 2.24) is 5.32 Å². The van der Waals surface area contributed by atoms with Gasteiger partial charge in [0.15, 0.2) is 0 Å². The summed E-state index contributed by atoms with van der Waals surface area (Å²) >= 11 is 0. The van der Waals surface area contributed by atoms with Gasteiger partial charge in [-0.15, -0.1) is 0 Å². The van der Waals surface area contributed by atoms with Crippen LogP contribution < -0.4 is 11.1 Å². The molecule has 0 radical (unpaired) electrons. The van der Waals surface area contributed by atoms with Crippen molar-refractivity contribution in [3.05, 3.63) is 29.6 Å². The lowest BCUT2D eigenvalue weighted by Crippen LogP contribution is -2.45. The molecule has 0 aromatic heterocycles. The fourth-order valence-corrected chi connectivity index (χ4v) is 1.53. The first kappa shape index (κ1) is 13.4. The van der Waals surface area contributed by atoms with E-state index < -0.39 is 17.3 Å². The smallest absolute Gasteiger partial charge is 0.258 e. The van der Waals surface area contributed by atoms with Gasteiger partial charge in [-0.25, -0.2) is 4.39 Å². The summed E-state index contributed by atoms with van der Waals surface area (Å²) in [7, 11) is 0. The highest BCUT2D eigenvalue weighted by Crippen LogP contribution is 2.20. The van der Waals surface area contributed by atoms with E-state index in [2.05, 4.69) is 5.32 Å². The number of rotatable bonds is 4. The Morgan fingerprint density at radius 2 is 2.18 bits per heavy atom. The largest absolute Gasteiger partial charge is 0.507 e. The van der Waals surface area contributed by atoms with Crippen molar-refractivity contribution < 1.29 is 14.3 Å². The van der Waals surface area contributed by atoms with Gasteiger partial charge in [0, 0.05) is 5.54 Å². The van der Waals surface area contributed by atoms with Gasteiger partial charge in [0.2, 0.25) is 0 Å². The molecule has 0 aliphatic carbocycles. The molecule has 4 N–H and O–H groups in total. The first-order valence-electron chi connectivity index (χ1n) is 5.37. The molecule has 0 heterocycles. The van der Waals surface area contributed by atoms with Crippen LogP contribution in [-0.2, 0) is 0 Å². The van der Waals surface area contributed by atoms with E-state index >= 15 is 0 Å². The monoisotopic (exact) mass is 240 g/mol. The van der Waals surface area contributed by atoms with Gasteiger partial charge in [0.1, 0.15) is 17.1 Å². The maximum atomic E-state index is 13.4. The number of amides is 1. The van der Waals surface area contributed by atoms with Crippen LogP contribution in [0.3, 0.4) is 0 Å². The molecular formula is C12H17FN2O2. The van der Waals surface area contributed by atoms with Crippen molar-refractivity contribution >= 4 is 5.91 Å². The lowest BCUT2D eigenvalue weighted by atomic mass is 10.00. The maximum Gasteiger partial charge on any atom is 0.258 e. The van der Waals surface area contributed by atoms with E-state index in [1.54, 1.807) is 13.8 Å². The first-order valence-corrected chi connectivity index (χ1v) is 5.37. The van der Waals surface area contributed by atoms with Gasteiger partial charge < -0.3 is 16.2 Å². The average Bonchev–Trinajstić information content (AvgIpc) is 2.15. The summed E-state index contributed by atoms with van der Waals surface area (Å²) in [4.78, 5) is 11.8. The van der Waals surface area contributed by atoms with Crippen LogP contribution in [0.4, 0.5) is 4.39 Å². The molecule has 0 saturated heterocycles. The maximum absolute atomic E-state index is 13.4. The second kappa shape index (κ2) is 5.14. The predicted molar refractivity (Wildman–Crippen MR) is 63.3 cm³/mol. The molecule has 1 aromatic rings. The number of hydrogen-bond acceptors (Lipinski definition) is 3. The fourth-order valence-electron chi connectivity index (χ4n) is 1.53. The number of aromatic hydroxyl groups is 1. The number of nitrogens with one attached hydrogen (secondary N) is 1. The topological polar surface area (TPSA) is 75.3 Å². The minimum Gasteiger partial charge on any atom is -0.507 e. The Morgan fingerprint density at radius 1 is 1.53 bits per heavy atom. The molecule has 1 aromatic carbocycles. The molecule has 94 valence electrons. The second-order valence-corrected chi connectivity index (χ2v) is 4.51. The van der Waals surface area contributed by atoms with Crippen molar-refractivity contribution in [3.8, 4) is 5.75 Å². The second-order valence-electron chi connectivity index (χ2n) is 4.51. The molecule has 1 amide bonds. The van der Waals surface area contributed by atoms with E-state index in [9.17, 15) is 14.3 Å². The molecule has 0 spiro atoms. The van der Waals surface area contributed by atoms with Crippen LogP contribution in [0.25, 0.3) is 0 Å². The summed E-state index contributed by atoms with van der Waals surface area (Å²) in [5, 5.41) is 12.1. The molecule has 0 atom stereocenters. The van der Waals surface area contributed by atoms with Gasteiger partial charge in [0.05, 0.1) is 0 Å². The Labute approximate surface area is 99.6 Å². The van der Waals surface area contributed by atoms with E-state index in [1.165, 1.54) is 12.1 Å². The number of phenolic OH excluding ortho intramolecular Hbond substituents is 1. The van der Waals surface area contributed by atoms with E-state index in [0.717, 1.165) is 6.07 Å². The van der Waals surface area contributed by atoms with Crippen LogP contribution in [-0.4, -0.2) is 23.1 Å². The van der Waals surface area contributed by atoms with Crippen molar-refractivity contribution in [2.45, 2.75) is 25.8 Å². The van der Waals surface area contributed by atoms with E-state index in [-0.39, 0.29) is 11.3 Å². The molecule has 5 heteroatoms. The van der Waals surface area contributed by atoms with Crippen LogP contribution in [0.1, 0.15) is 30.6 Å². The summed E-state index contributed by atoms with van der Waals surface area (Å²) in [6.45, 7) is 3.99. The summed E-state index contributed by atoms with van der Waals surface area (Å²) < 4.78 is 13.4. The average molecular weight is 240 g/mol. The van der Waals surface area contributed by atoms with Crippen molar-refractivity contribution in [2.24, 2.45) is 5.73 Å². The summed E-state index contributed by atoms with van der Waals surface area (Å²) in [5.41, 5.74) is 4.54. The number of hydrogen-bond donors (Lipinski definition) is 3. The van der Waals surface area contributed by atoms with E-state index in [4.69, 9.17) is 5.73 Å². The Balaban J connectivity index is 2.91. The Hall–Kier alpha value is -1.62. The summed E-state index contributed by atoms with van der Waals surface area (Å²) in [5.74, 6) is -1.75. The molecule has 0 aliphatic rings. The highest BCUT2D eigenvalue weighted by molar-refractivity contribution is 5.97. The highest BCUT2D eigenvalue weighted by atomic mass is 19.1. The molecule has 4 nitrogen and oxygen atoms in total. The number of phenols is 1. The highest BCUT2D eigenvalue weighted by Gasteiger charge is 2.24. The zero-order valence-corrected chi connectivity index (χ0v) is 9.96. The van der Waals surface area contributed by atoms with Crippen LogP contribution in [0, 0.1) is 5.82 Å². The van der Waals surface area contributed by atoms with Gasteiger partial charge in [-0.2, -0.15) is 0 Å². The summed E-state index contributed by atoms with van der Waals surface area (Å²) in [6, 6.07) is 3.74. The molecule has 1 rings (SSSR count). The van der Waals surface area contributed by atoms with Crippen LogP contribution in [0.15, 0.2) is 18.2 Å². The van der Waals surface area contributed by atoms with Gasteiger partial charge in [-0.05, 0) is 38.9 Å². The lowest BCUT2D eigenvalue weighted by Gasteiger charge is -2.25. The zero-order valence-electron chi connectivity index (χ0n) is 9.96. The Bertz CT molecular complexity index is 399.